The van der Waals surface area contributed by atoms with E-state index in [4.69, 9.17) is 4.74 Å². The van der Waals surface area contributed by atoms with Gasteiger partial charge in [0.05, 0.1) is 4.92 Å². The maximum Gasteiger partial charge on any atom is 0.420 e. The first-order valence-electron chi connectivity index (χ1n) is 11.3. The number of nitrogens with zero attached hydrogens (tertiary/aromatic N) is 2. The fraction of sp³-hybridized carbons (Fsp3) is 0.458. The van der Waals surface area contributed by atoms with Gasteiger partial charge < -0.3 is 20.3 Å². The lowest BCUT2D eigenvalue weighted by molar-refractivity contribution is -0.384. The van der Waals surface area contributed by atoms with Gasteiger partial charge in [-0.05, 0) is 45.2 Å². The Morgan fingerprint density at radius 3 is 2.29 bits per heavy atom. The highest BCUT2D eigenvalue weighted by Gasteiger charge is 2.41. The number of halogens is 3. The Bertz CT molecular complexity index is 1050. The average Bonchev–Trinajstić information content (AvgIpc) is 2.76. The lowest BCUT2D eigenvalue weighted by Gasteiger charge is -2.34. The van der Waals surface area contributed by atoms with E-state index in [1.54, 1.807) is 51.1 Å². The standard InChI is InChI=1S/C24H29F3N4O4/c1-23(2,3)35-22(32)30-13-11-17(12-14-30)29-21-19(31(33)34)10-9-18(20(21)24(25,26)27)28-15-16-7-5-4-6-8-16/h4-10,17,28-29H,11-15H2,1-3H3. The van der Waals surface area contributed by atoms with Crippen molar-refractivity contribution < 1.29 is 27.6 Å². The third kappa shape index (κ3) is 7.00. The van der Waals surface area contributed by atoms with Gasteiger partial charge in [0.25, 0.3) is 5.69 Å². The van der Waals surface area contributed by atoms with Gasteiger partial charge in [0.2, 0.25) is 0 Å². The van der Waals surface area contributed by atoms with Gasteiger partial charge >= 0.3 is 12.3 Å². The monoisotopic (exact) mass is 494 g/mol. The van der Waals surface area contributed by atoms with Crippen molar-refractivity contribution in [3.63, 3.8) is 0 Å². The van der Waals surface area contributed by atoms with Gasteiger partial charge in [-0.15, -0.1) is 0 Å². The highest BCUT2D eigenvalue weighted by molar-refractivity contribution is 5.76. The Kier molecular flexibility index (Phi) is 7.76. The Hall–Kier alpha value is -3.50. The number of benzene rings is 2. The first kappa shape index (κ1) is 26.1. The largest absolute Gasteiger partial charge is 0.444 e. The molecule has 0 unspecified atom stereocenters. The molecule has 1 saturated heterocycles. The molecular formula is C24H29F3N4O4. The van der Waals surface area contributed by atoms with E-state index in [0.29, 0.717) is 12.8 Å². The molecule has 1 heterocycles. The summed E-state index contributed by atoms with van der Waals surface area (Å²) in [5.74, 6) is 0. The van der Waals surface area contributed by atoms with Crippen LogP contribution in [-0.2, 0) is 17.5 Å². The van der Waals surface area contributed by atoms with Crippen LogP contribution >= 0.6 is 0 Å². The molecule has 11 heteroatoms. The second kappa shape index (κ2) is 10.4. The van der Waals surface area contributed by atoms with E-state index in [-0.39, 0.29) is 25.3 Å². The number of hydrogen-bond donors (Lipinski definition) is 2. The van der Waals surface area contributed by atoms with E-state index in [9.17, 15) is 28.1 Å². The van der Waals surface area contributed by atoms with Gasteiger partial charge in [0.1, 0.15) is 16.9 Å². The van der Waals surface area contributed by atoms with E-state index in [0.717, 1.165) is 17.7 Å². The predicted molar refractivity (Wildman–Crippen MR) is 126 cm³/mol. The summed E-state index contributed by atoms with van der Waals surface area (Å²) in [6.45, 7) is 5.87. The molecule has 3 rings (SSSR count). The number of hydrogen-bond acceptors (Lipinski definition) is 6. The molecule has 2 N–H and O–H groups in total. The number of nitro groups is 1. The number of nitrogens with one attached hydrogen (secondary N) is 2. The molecule has 0 aromatic heterocycles. The van der Waals surface area contributed by atoms with Crippen molar-refractivity contribution in [2.45, 2.75) is 58.0 Å². The molecule has 0 radical (unpaired) electrons. The van der Waals surface area contributed by atoms with E-state index < -0.39 is 45.8 Å². The van der Waals surface area contributed by atoms with Crippen LogP contribution in [0.5, 0.6) is 0 Å². The summed E-state index contributed by atoms with van der Waals surface area (Å²) in [5.41, 5.74) is -2.49. The van der Waals surface area contributed by atoms with Gasteiger partial charge in [-0.1, -0.05) is 30.3 Å². The van der Waals surface area contributed by atoms with Gasteiger partial charge in [-0.25, -0.2) is 4.79 Å². The molecule has 0 saturated carbocycles. The van der Waals surface area contributed by atoms with Crippen LogP contribution < -0.4 is 10.6 Å². The van der Waals surface area contributed by atoms with Crippen molar-refractivity contribution >= 4 is 23.2 Å². The van der Waals surface area contributed by atoms with Crippen LogP contribution in [0.15, 0.2) is 42.5 Å². The van der Waals surface area contributed by atoms with Crippen molar-refractivity contribution in [2.24, 2.45) is 0 Å². The molecule has 2 aromatic rings. The quantitative estimate of drug-likeness (QED) is 0.376. The topological polar surface area (TPSA) is 96.7 Å². The Morgan fingerprint density at radius 1 is 1.11 bits per heavy atom. The predicted octanol–water partition coefficient (Wildman–Crippen LogP) is 6.04. The second-order valence-electron chi connectivity index (χ2n) is 9.36. The molecule has 35 heavy (non-hydrogen) atoms. The molecule has 0 atom stereocenters. The molecule has 0 aliphatic carbocycles. The third-order valence-electron chi connectivity index (χ3n) is 5.48. The zero-order chi connectivity index (χ0) is 25.8. The lowest BCUT2D eigenvalue weighted by Crippen LogP contribution is -2.44. The number of nitro benzene ring substituents is 1. The number of anilines is 2. The number of piperidine rings is 1. The summed E-state index contributed by atoms with van der Waals surface area (Å²) in [6.07, 6.45) is -4.71. The number of ether oxygens (including phenoxy) is 1. The van der Waals surface area contributed by atoms with E-state index in [2.05, 4.69) is 10.6 Å². The SMILES string of the molecule is CC(C)(C)OC(=O)N1CCC(Nc2c([N+](=O)[O-])ccc(NCc3ccccc3)c2C(F)(F)F)CC1. The minimum absolute atomic E-state index is 0.120. The Morgan fingerprint density at radius 2 is 1.74 bits per heavy atom. The molecular weight excluding hydrogens is 465 g/mol. The molecule has 0 bridgehead atoms. The summed E-state index contributed by atoms with van der Waals surface area (Å²) >= 11 is 0. The van der Waals surface area contributed by atoms with E-state index in [1.807, 2.05) is 0 Å². The summed E-state index contributed by atoms with van der Waals surface area (Å²) in [5, 5.41) is 17.2. The maximum absolute atomic E-state index is 14.2. The van der Waals surface area contributed by atoms with Crippen molar-refractivity contribution in [1.29, 1.82) is 0 Å². The van der Waals surface area contributed by atoms with Crippen LogP contribution in [0.25, 0.3) is 0 Å². The lowest BCUT2D eigenvalue weighted by atomic mass is 10.0. The van der Waals surface area contributed by atoms with Crippen molar-refractivity contribution in [1.82, 2.24) is 4.90 Å². The maximum atomic E-state index is 14.2. The number of alkyl halides is 3. The highest BCUT2D eigenvalue weighted by Crippen LogP contribution is 2.45. The van der Waals surface area contributed by atoms with Crippen LogP contribution in [0.3, 0.4) is 0 Å². The van der Waals surface area contributed by atoms with Crippen LogP contribution in [-0.4, -0.2) is 40.6 Å². The smallest absolute Gasteiger partial charge is 0.420 e. The summed E-state index contributed by atoms with van der Waals surface area (Å²) in [4.78, 5) is 24.6. The van der Waals surface area contributed by atoms with Crippen molar-refractivity contribution in [2.75, 3.05) is 23.7 Å². The summed E-state index contributed by atoms with van der Waals surface area (Å²) in [7, 11) is 0. The zero-order valence-electron chi connectivity index (χ0n) is 19.8. The number of carbonyl (C=O) groups excluding carboxylic acids is 1. The van der Waals surface area contributed by atoms with Gasteiger partial charge in [-0.3, -0.25) is 10.1 Å². The van der Waals surface area contributed by atoms with Crippen LogP contribution in [0.4, 0.5) is 35.0 Å². The van der Waals surface area contributed by atoms with Gasteiger partial charge in [-0.2, -0.15) is 13.2 Å². The Labute approximate surface area is 201 Å². The number of rotatable bonds is 6. The van der Waals surface area contributed by atoms with E-state index >= 15 is 0 Å². The molecule has 0 spiro atoms. The fourth-order valence-corrected chi connectivity index (χ4v) is 3.86. The highest BCUT2D eigenvalue weighted by atomic mass is 19.4. The molecule has 2 aromatic carbocycles. The first-order valence-corrected chi connectivity index (χ1v) is 11.3. The number of likely N-dealkylation sites (tertiary alicyclic amines) is 1. The normalized spacial score (nSPS) is 15.0. The third-order valence-corrected chi connectivity index (χ3v) is 5.48. The van der Waals surface area contributed by atoms with Gasteiger partial charge in [0, 0.05) is 37.4 Å². The minimum atomic E-state index is -4.84. The van der Waals surface area contributed by atoms with Crippen LogP contribution in [0.1, 0.15) is 44.7 Å². The molecule has 1 amide bonds. The van der Waals surface area contributed by atoms with Crippen LogP contribution in [0.2, 0.25) is 0 Å². The van der Waals surface area contributed by atoms with E-state index in [1.165, 1.54) is 4.90 Å². The zero-order valence-corrected chi connectivity index (χ0v) is 19.8. The molecule has 1 aliphatic rings. The molecule has 1 aliphatic heterocycles. The average molecular weight is 495 g/mol. The van der Waals surface area contributed by atoms with Crippen molar-refractivity contribution in [3.05, 3.63) is 63.7 Å². The fourth-order valence-electron chi connectivity index (χ4n) is 3.86. The second-order valence-corrected chi connectivity index (χ2v) is 9.36. The van der Waals surface area contributed by atoms with Crippen LogP contribution in [0, 0.1) is 10.1 Å². The Balaban J connectivity index is 1.83. The molecule has 1 fully saturated rings. The number of carbonyl (C=O) groups is 1. The molecule has 190 valence electrons. The number of amides is 1. The molecule has 8 nitrogen and oxygen atoms in total. The van der Waals surface area contributed by atoms with Crippen molar-refractivity contribution in [3.8, 4) is 0 Å². The first-order chi connectivity index (χ1) is 16.3. The minimum Gasteiger partial charge on any atom is -0.444 e. The van der Waals surface area contributed by atoms with Gasteiger partial charge in [0.15, 0.2) is 0 Å². The summed E-state index contributed by atoms with van der Waals surface area (Å²) < 4.78 is 47.9. The summed E-state index contributed by atoms with van der Waals surface area (Å²) in [6, 6.07) is 10.5.